The summed E-state index contributed by atoms with van der Waals surface area (Å²) in [5, 5.41) is 3.77. The number of rotatable bonds is 2. The standard InChI is InChI=1S/C13H17N3O.ClH/c1-13(2,3)10-6-4-9(5-7-10)12-15-11(8-14)16-17-12;/h4-7H,8,14H2,1-3H3;1H. The highest BCUT2D eigenvalue weighted by Gasteiger charge is 2.14. The van der Waals surface area contributed by atoms with Gasteiger partial charge < -0.3 is 10.3 Å². The van der Waals surface area contributed by atoms with Crippen molar-refractivity contribution >= 4 is 12.4 Å². The molecule has 1 aromatic carbocycles. The lowest BCUT2D eigenvalue weighted by molar-refractivity contribution is 0.423. The second kappa shape index (κ2) is 5.50. The average Bonchev–Trinajstić information content (AvgIpc) is 2.76. The summed E-state index contributed by atoms with van der Waals surface area (Å²) in [7, 11) is 0. The van der Waals surface area contributed by atoms with Crippen LogP contribution in [0.5, 0.6) is 0 Å². The zero-order valence-electron chi connectivity index (χ0n) is 10.8. The second-order valence-electron chi connectivity index (χ2n) is 5.05. The molecule has 98 valence electrons. The van der Waals surface area contributed by atoms with E-state index in [1.807, 2.05) is 12.1 Å². The third-order valence-corrected chi connectivity index (χ3v) is 2.65. The highest BCUT2D eigenvalue weighted by molar-refractivity contribution is 5.85. The SMILES string of the molecule is CC(C)(C)c1ccc(-c2nc(CN)no2)cc1.Cl. The molecule has 0 radical (unpaired) electrons. The van der Waals surface area contributed by atoms with E-state index in [9.17, 15) is 0 Å². The first-order chi connectivity index (χ1) is 8.00. The molecule has 1 heterocycles. The van der Waals surface area contributed by atoms with Gasteiger partial charge in [0, 0.05) is 5.56 Å². The van der Waals surface area contributed by atoms with Crippen LogP contribution in [-0.2, 0) is 12.0 Å². The third kappa shape index (κ3) is 3.09. The number of nitrogens with zero attached hydrogens (tertiary/aromatic N) is 2. The van der Waals surface area contributed by atoms with Gasteiger partial charge in [-0.2, -0.15) is 4.98 Å². The maximum atomic E-state index is 5.44. The van der Waals surface area contributed by atoms with E-state index < -0.39 is 0 Å². The molecular formula is C13H18ClN3O. The minimum atomic E-state index is 0. The van der Waals surface area contributed by atoms with Crippen LogP contribution in [0.4, 0.5) is 0 Å². The third-order valence-electron chi connectivity index (χ3n) is 2.65. The Morgan fingerprint density at radius 2 is 1.78 bits per heavy atom. The van der Waals surface area contributed by atoms with Gasteiger partial charge in [0.25, 0.3) is 5.89 Å². The van der Waals surface area contributed by atoms with Crippen molar-refractivity contribution in [3.05, 3.63) is 35.7 Å². The van der Waals surface area contributed by atoms with Gasteiger partial charge in [-0.05, 0) is 23.1 Å². The molecule has 1 aromatic heterocycles. The van der Waals surface area contributed by atoms with Crippen molar-refractivity contribution in [3.63, 3.8) is 0 Å². The highest BCUT2D eigenvalue weighted by atomic mass is 35.5. The first kappa shape index (κ1) is 14.7. The van der Waals surface area contributed by atoms with Gasteiger partial charge in [-0.15, -0.1) is 12.4 Å². The largest absolute Gasteiger partial charge is 0.334 e. The van der Waals surface area contributed by atoms with Crippen LogP contribution in [0.1, 0.15) is 32.2 Å². The van der Waals surface area contributed by atoms with Crippen molar-refractivity contribution in [1.29, 1.82) is 0 Å². The number of hydrogen-bond acceptors (Lipinski definition) is 4. The first-order valence-electron chi connectivity index (χ1n) is 5.64. The number of aromatic nitrogens is 2. The van der Waals surface area contributed by atoms with Crippen molar-refractivity contribution < 1.29 is 4.52 Å². The number of nitrogens with two attached hydrogens (primary N) is 1. The summed E-state index contributed by atoms with van der Waals surface area (Å²) in [6.45, 7) is 6.84. The summed E-state index contributed by atoms with van der Waals surface area (Å²) in [6.07, 6.45) is 0. The lowest BCUT2D eigenvalue weighted by Gasteiger charge is -2.18. The fraction of sp³-hybridized carbons (Fsp3) is 0.385. The molecule has 0 saturated carbocycles. The van der Waals surface area contributed by atoms with Crippen LogP contribution in [0.3, 0.4) is 0 Å². The minimum absolute atomic E-state index is 0. The predicted molar refractivity (Wildman–Crippen MR) is 73.6 cm³/mol. The van der Waals surface area contributed by atoms with Gasteiger partial charge in [0.05, 0.1) is 6.54 Å². The number of hydrogen-bond donors (Lipinski definition) is 1. The molecule has 0 amide bonds. The quantitative estimate of drug-likeness (QED) is 0.909. The first-order valence-corrected chi connectivity index (χ1v) is 5.64. The molecule has 0 bridgehead atoms. The van der Waals surface area contributed by atoms with E-state index in [0.717, 1.165) is 5.56 Å². The maximum Gasteiger partial charge on any atom is 0.257 e. The summed E-state index contributed by atoms with van der Waals surface area (Å²) in [4.78, 5) is 4.19. The fourth-order valence-corrected chi connectivity index (χ4v) is 1.57. The van der Waals surface area contributed by atoms with Crippen LogP contribution in [-0.4, -0.2) is 10.1 Å². The molecule has 0 atom stereocenters. The van der Waals surface area contributed by atoms with Crippen molar-refractivity contribution in [2.75, 3.05) is 0 Å². The van der Waals surface area contributed by atoms with Crippen LogP contribution >= 0.6 is 12.4 Å². The Kier molecular flexibility index (Phi) is 4.48. The molecule has 5 heteroatoms. The Hall–Kier alpha value is -1.39. The predicted octanol–water partition coefficient (Wildman–Crippen LogP) is 2.91. The molecule has 2 N–H and O–H groups in total. The van der Waals surface area contributed by atoms with Gasteiger partial charge in [0.1, 0.15) is 0 Å². The molecule has 0 saturated heterocycles. The van der Waals surface area contributed by atoms with E-state index in [1.165, 1.54) is 5.56 Å². The summed E-state index contributed by atoms with van der Waals surface area (Å²) in [5.41, 5.74) is 7.79. The minimum Gasteiger partial charge on any atom is -0.334 e. The highest BCUT2D eigenvalue weighted by Crippen LogP contribution is 2.25. The molecule has 4 nitrogen and oxygen atoms in total. The molecule has 0 aliphatic carbocycles. The molecular weight excluding hydrogens is 250 g/mol. The Morgan fingerprint density at radius 3 is 2.22 bits per heavy atom. The number of benzene rings is 1. The lowest BCUT2D eigenvalue weighted by Crippen LogP contribution is -2.10. The maximum absolute atomic E-state index is 5.44. The zero-order valence-corrected chi connectivity index (χ0v) is 11.6. The van der Waals surface area contributed by atoms with Crippen molar-refractivity contribution in [3.8, 4) is 11.5 Å². The molecule has 18 heavy (non-hydrogen) atoms. The molecule has 0 unspecified atom stereocenters. The zero-order chi connectivity index (χ0) is 12.5. The summed E-state index contributed by atoms with van der Waals surface area (Å²) >= 11 is 0. The van der Waals surface area contributed by atoms with Crippen molar-refractivity contribution in [1.82, 2.24) is 10.1 Å². The Balaban J connectivity index is 0.00000162. The number of halogens is 1. The fourth-order valence-electron chi connectivity index (χ4n) is 1.57. The summed E-state index contributed by atoms with van der Waals surface area (Å²) in [6, 6.07) is 8.16. The Bertz CT molecular complexity index is 500. The van der Waals surface area contributed by atoms with Gasteiger partial charge in [-0.3, -0.25) is 0 Å². The normalized spacial score (nSPS) is 11.1. The molecule has 0 aliphatic rings. The van der Waals surface area contributed by atoms with Crippen LogP contribution in [0.2, 0.25) is 0 Å². The van der Waals surface area contributed by atoms with Crippen LogP contribution < -0.4 is 5.73 Å². The van der Waals surface area contributed by atoms with Crippen LogP contribution in [0.25, 0.3) is 11.5 Å². The van der Waals surface area contributed by atoms with Crippen LogP contribution in [0, 0.1) is 0 Å². The van der Waals surface area contributed by atoms with Gasteiger partial charge in [-0.25, -0.2) is 0 Å². The van der Waals surface area contributed by atoms with E-state index in [1.54, 1.807) is 0 Å². The second-order valence-corrected chi connectivity index (χ2v) is 5.05. The van der Waals surface area contributed by atoms with Crippen molar-refractivity contribution in [2.24, 2.45) is 5.73 Å². The Morgan fingerprint density at radius 1 is 1.17 bits per heavy atom. The summed E-state index contributed by atoms with van der Waals surface area (Å²) in [5.74, 6) is 1.05. The van der Waals surface area contributed by atoms with E-state index in [2.05, 4.69) is 43.0 Å². The van der Waals surface area contributed by atoms with Gasteiger partial charge in [0.15, 0.2) is 5.82 Å². The van der Waals surface area contributed by atoms with Gasteiger partial charge in [-0.1, -0.05) is 38.1 Å². The summed E-state index contributed by atoms with van der Waals surface area (Å²) < 4.78 is 5.13. The van der Waals surface area contributed by atoms with E-state index in [4.69, 9.17) is 10.3 Å². The molecule has 2 rings (SSSR count). The van der Waals surface area contributed by atoms with Crippen LogP contribution in [0.15, 0.2) is 28.8 Å². The van der Waals surface area contributed by atoms with Gasteiger partial charge in [0.2, 0.25) is 0 Å². The molecule has 0 fully saturated rings. The molecule has 0 aliphatic heterocycles. The Labute approximate surface area is 113 Å². The van der Waals surface area contributed by atoms with Crippen molar-refractivity contribution in [2.45, 2.75) is 32.7 Å². The monoisotopic (exact) mass is 267 g/mol. The molecule has 2 aromatic rings. The van der Waals surface area contributed by atoms with E-state index in [0.29, 0.717) is 18.3 Å². The van der Waals surface area contributed by atoms with E-state index in [-0.39, 0.29) is 17.8 Å². The van der Waals surface area contributed by atoms with E-state index >= 15 is 0 Å². The molecule has 0 spiro atoms. The van der Waals surface area contributed by atoms with Gasteiger partial charge >= 0.3 is 0 Å². The smallest absolute Gasteiger partial charge is 0.257 e. The lowest BCUT2D eigenvalue weighted by atomic mass is 9.87. The average molecular weight is 268 g/mol. The topological polar surface area (TPSA) is 64.9 Å².